The van der Waals surface area contributed by atoms with Crippen LogP contribution in [-0.2, 0) is 0 Å². The Labute approximate surface area is 188 Å². The van der Waals surface area contributed by atoms with Crippen molar-refractivity contribution in [1.29, 1.82) is 5.26 Å². The van der Waals surface area contributed by atoms with E-state index in [1.807, 2.05) is 38.1 Å². The zero-order valence-corrected chi connectivity index (χ0v) is 18.4. The number of benzene rings is 3. The molecule has 0 bridgehead atoms. The Morgan fingerprint density at radius 3 is 2.41 bits per heavy atom. The molecular formula is C27H24N2O3. The number of ketones is 1. The van der Waals surface area contributed by atoms with Gasteiger partial charge in [0.25, 0.3) is 5.54 Å². The minimum Gasteiger partial charge on any atom is -0.481 e. The predicted molar refractivity (Wildman–Crippen MR) is 123 cm³/mol. The molecule has 1 unspecified atom stereocenters. The molecular weight excluding hydrogens is 400 g/mol. The molecule has 0 saturated carbocycles. The maximum absolute atomic E-state index is 12.6. The molecule has 1 atom stereocenters. The van der Waals surface area contributed by atoms with E-state index in [4.69, 9.17) is 16.0 Å². The molecule has 0 heterocycles. The van der Waals surface area contributed by atoms with E-state index in [1.54, 1.807) is 49.4 Å². The van der Waals surface area contributed by atoms with Crippen molar-refractivity contribution >= 4 is 5.78 Å². The molecule has 0 N–H and O–H groups in total. The van der Waals surface area contributed by atoms with Gasteiger partial charge >= 0.3 is 0 Å². The van der Waals surface area contributed by atoms with Crippen LogP contribution in [0.4, 0.5) is 0 Å². The summed E-state index contributed by atoms with van der Waals surface area (Å²) in [7, 11) is 0. The standard InChI is InChI=1S/C27H24N2O3/c1-19-10-12-24(20(2)14-19)32-25-13-11-21(17-28)15-26(25)31-18-27(3,29-4)16-23(30)22-8-6-5-7-9-22/h5-15H,16,18H2,1-3H3. The minimum absolute atomic E-state index is 0.0196. The largest absolute Gasteiger partial charge is 0.481 e. The maximum atomic E-state index is 12.6. The molecule has 160 valence electrons. The first kappa shape index (κ1) is 22.6. The van der Waals surface area contributed by atoms with Crippen molar-refractivity contribution in [2.45, 2.75) is 32.7 Å². The van der Waals surface area contributed by atoms with Crippen molar-refractivity contribution in [2.75, 3.05) is 6.61 Å². The van der Waals surface area contributed by atoms with Crippen LogP contribution in [0.1, 0.15) is 40.4 Å². The SMILES string of the molecule is [C-]#[N+]C(C)(COc1cc(C#N)ccc1Oc1ccc(C)cc1C)CC(=O)c1ccccc1. The predicted octanol–water partition coefficient (Wildman–Crippen LogP) is 6.30. The zero-order valence-electron chi connectivity index (χ0n) is 18.4. The summed E-state index contributed by atoms with van der Waals surface area (Å²) >= 11 is 0. The fourth-order valence-corrected chi connectivity index (χ4v) is 3.24. The first-order valence-corrected chi connectivity index (χ1v) is 10.2. The highest BCUT2D eigenvalue weighted by Crippen LogP contribution is 2.35. The summed E-state index contributed by atoms with van der Waals surface area (Å²) in [6.07, 6.45) is 0.0196. The lowest BCUT2D eigenvalue weighted by Crippen LogP contribution is -2.32. The quantitative estimate of drug-likeness (QED) is 0.315. The monoisotopic (exact) mass is 424 g/mol. The molecule has 0 fully saturated rings. The summed E-state index contributed by atoms with van der Waals surface area (Å²) in [5, 5.41) is 9.30. The molecule has 0 radical (unpaired) electrons. The van der Waals surface area contributed by atoms with Gasteiger partial charge in [0.05, 0.1) is 18.1 Å². The molecule has 0 aliphatic carbocycles. The van der Waals surface area contributed by atoms with Gasteiger partial charge in [-0.25, -0.2) is 6.57 Å². The van der Waals surface area contributed by atoms with Gasteiger partial charge in [0.1, 0.15) is 5.75 Å². The van der Waals surface area contributed by atoms with E-state index < -0.39 is 5.54 Å². The zero-order chi connectivity index (χ0) is 23.1. The molecule has 3 aromatic carbocycles. The van der Waals surface area contributed by atoms with E-state index in [1.165, 1.54) is 0 Å². The Morgan fingerprint density at radius 1 is 1.03 bits per heavy atom. The second-order valence-electron chi connectivity index (χ2n) is 8.01. The molecule has 5 heteroatoms. The van der Waals surface area contributed by atoms with Crippen LogP contribution in [0.25, 0.3) is 4.85 Å². The topological polar surface area (TPSA) is 63.7 Å². The summed E-state index contributed by atoms with van der Waals surface area (Å²) < 4.78 is 12.0. The first-order chi connectivity index (χ1) is 15.3. The number of ether oxygens (including phenoxy) is 2. The number of nitriles is 1. The summed E-state index contributed by atoms with van der Waals surface area (Å²) in [4.78, 5) is 16.3. The minimum atomic E-state index is -1.06. The fraction of sp³-hybridized carbons (Fsp3) is 0.222. The van der Waals surface area contributed by atoms with Gasteiger partial charge in [-0.3, -0.25) is 4.79 Å². The fourth-order valence-electron chi connectivity index (χ4n) is 3.24. The Kier molecular flexibility index (Phi) is 6.93. The summed E-state index contributed by atoms with van der Waals surface area (Å²) in [6, 6.07) is 21.8. The Morgan fingerprint density at radius 2 is 1.75 bits per heavy atom. The van der Waals surface area contributed by atoms with E-state index in [2.05, 4.69) is 10.9 Å². The highest BCUT2D eigenvalue weighted by molar-refractivity contribution is 5.96. The Hall–Kier alpha value is -4.09. The highest BCUT2D eigenvalue weighted by Gasteiger charge is 2.35. The van der Waals surface area contributed by atoms with E-state index >= 15 is 0 Å². The lowest BCUT2D eigenvalue weighted by atomic mass is 9.94. The number of Topliss-reactive ketones (excluding diaryl/α,β-unsaturated/α-hetero) is 1. The van der Waals surface area contributed by atoms with Gasteiger partial charge in [-0.2, -0.15) is 5.26 Å². The van der Waals surface area contributed by atoms with Crippen LogP contribution < -0.4 is 9.47 Å². The normalized spacial score (nSPS) is 12.2. The van der Waals surface area contributed by atoms with Crippen LogP contribution in [0.5, 0.6) is 17.2 Å². The van der Waals surface area contributed by atoms with Gasteiger partial charge in [0.2, 0.25) is 0 Å². The summed E-state index contributed by atoms with van der Waals surface area (Å²) in [5.74, 6) is 1.35. The number of aryl methyl sites for hydroxylation is 2. The van der Waals surface area contributed by atoms with E-state index in [9.17, 15) is 10.1 Å². The third-order valence-electron chi connectivity index (χ3n) is 5.07. The number of rotatable bonds is 8. The van der Waals surface area contributed by atoms with Gasteiger partial charge in [0, 0.05) is 18.6 Å². The molecule has 0 aliphatic heterocycles. The Balaban J connectivity index is 1.81. The summed E-state index contributed by atoms with van der Waals surface area (Å²) in [6.45, 7) is 13.3. The van der Waals surface area contributed by atoms with Crippen molar-refractivity contribution in [3.8, 4) is 23.3 Å². The molecule has 0 aliphatic rings. The van der Waals surface area contributed by atoms with E-state index in [0.717, 1.165) is 11.1 Å². The van der Waals surface area contributed by atoms with Crippen molar-refractivity contribution < 1.29 is 14.3 Å². The van der Waals surface area contributed by atoms with Gasteiger partial charge in [-0.1, -0.05) is 48.0 Å². The third-order valence-corrected chi connectivity index (χ3v) is 5.07. The van der Waals surface area contributed by atoms with Gasteiger partial charge < -0.3 is 14.3 Å². The maximum Gasteiger partial charge on any atom is 0.270 e. The lowest BCUT2D eigenvalue weighted by Gasteiger charge is -2.19. The molecule has 0 amide bonds. The van der Waals surface area contributed by atoms with Gasteiger partial charge in [-0.05, 0) is 37.6 Å². The number of carbonyl (C=O) groups is 1. The van der Waals surface area contributed by atoms with Crippen molar-refractivity contribution in [1.82, 2.24) is 0 Å². The molecule has 3 aromatic rings. The smallest absolute Gasteiger partial charge is 0.270 e. The molecule has 0 saturated heterocycles. The van der Waals surface area contributed by atoms with Crippen molar-refractivity contribution in [3.05, 3.63) is 100 Å². The van der Waals surface area contributed by atoms with Crippen LogP contribution in [-0.4, -0.2) is 17.9 Å². The molecule has 32 heavy (non-hydrogen) atoms. The van der Waals surface area contributed by atoms with Crippen LogP contribution in [0.15, 0.2) is 66.7 Å². The van der Waals surface area contributed by atoms with Crippen LogP contribution in [0.3, 0.4) is 0 Å². The molecule has 5 nitrogen and oxygen atoms in total. The molecule has 0 spiro atoms. The van der Waals surface area contributed by atoms with Crippen molar-refractivity contribution in [2.24, 2.45) is 0 Å². The second-order valence-corrected chi connectivity index (χ2v) is 8.01. The third kappa shape index (κ3) is 5.53. The first-order valence-electron chi connectivity index (χ1n) is 10.2. The van der Waals surface area contributed by atoms with Crippen molar-refractivity contribution in [3.63, 3.8) is 0 Å². The second kappa shape index (κ2) is 9.81. The molecule has 0 aromatic heterocycles. The number of carbonyl (C=O) groups excluding carboxylic acids is 1. The van der Waals surface area contributed by atoms with Gasteiger partial charge in [0.15, 0.2) is 23.9 Å². The van der Waals surface area contributed by atoms with E-state index in [-0.39, 0.29) is 18.8 Å². The number of hydrogen-bond donors (Lipinski definition) is 0. The Bertz CT molecular complexity index is 1210. The number of nitrogens with zero attached hydrogens (tertiary/aromatic N) is 2. The van der Waals surface area contributed by atoms with E-state index in [0.29, 0.717) is 28.4 Å². The average Bonchev–Trinajstić information content (AvgIpc) is 2.80. The van der Waals surface area contributed by atoms with Crippen LogP contribution >= 0.6 is 0 Å². The highest BCUT2D eigenvalue weighted by atomic mass is 16.5. The average molecular weight is 425 g/mol. The van der Waals surface area contributed by atoms with Crippen LogP contribution in [0.2, 0.25) is 0 Å². The number of hydrogen-bond acceptors (Lipinski definition) is 4. The lowest BCUT2D eigenvalue weighted by molar-refractivity contribution is 0.0947. The summed E-state index contributed by atoms with van der Waals surface area (Å²) in [5.41, 5.74) is 2.01. The van der Waals surface area contributed by atoms with Gasteiger partial charge in [-0.15, -0.1) is 0 Å². The molecule has 3 rings (SSSR count). The van der Waals surface area contributed by atoms with Crippen LogP contribution in [0, 0.1) is 31.8 Å².